The lowest BCUT2D eigenvalue weighted by Crippen LogP contribution is -1.95. The Balaban J connectivity index is 2.18. The average Bonchev–Trinajstić information content (AvgIpc) is 2.83. The molecular weight excluding hydrogens is 224 g/mol. The standard InChI is InChI=1S/C15H10N2O/c18-15-13(11-7-3-1-4-8-11)14(16-17-15)12-9-5-2-6-10-12/h1-10H. The van der Waals surface area contributed by atoms with Gasteiger partial charge in [-0.15, -0.1) is 10.2 Å². The summed E-state index contributed by atoms with van der Waals surface area (Å²) in [6.07, 6.45) is 0. The molecule has 3 rings (SSSR count). The number of amides is 1. The fraction of sp³-hybridized carbons (Fsp3) is 0. The van der Waals surface area contributed by atoms with Crippen LogP contribution in [0.1, 0.15) is 11.1 Å². The lowest BCUT2D eigenvalue weighted by molar-refractivity contribution is -0.112. The van der Waals surface area contributed by atoms with Gasteiger partial charge in [0.15, 0.2) is 0 Å². The van der Waals surface area contributed by atoms with E-state index in [-0.39, 0.29) is 5.91 Å². The van der Waals surface area contributed by atoms with Gasteiger partial charge >= 0.3 is 0 Å². The molecule has 1 aliphatic rings. The van der Waals surface area contributed by atoms with Crippen LogP contribution in [0.4, 0.5) is 0 Å². The van der Waals surface area contributed by atoms with Crippen molar-refractivity contribution in [3.8, 4) is 0 Å². The van der Waals surface area contributed by atoms with Crippen LogP contribution < -0.4 is 0 Å². The highest BCUT2D eigenvalue weighted by Gasteiger charge is 2.23. The predicted molar refractivity (Wildman–Crippen MR) is 69.6 cm³/mol. The summed E-state index contributed by atoms with van der Waals surface area (Å²) in [6, 6.07) is 19.1. The number of nitrogens with zero attached hydrogens (tertiary/aromatic N) is 2. The molecule has 3 nitrogen and oxygen atoms in total. The van der Waals surface area contributed by atoms with Crippen LogP contribution in [-0.4, -0.2) is 5.91 Å². The fourth-order valence-electron chi connectivity index (χ4n) is 1.96. The first kappa shape index (κ1) is 10.6. The van der Waals surface area contributed by atoms with Gasteiger partial charge in [-0.05, 0) is 5.56 Å². The smallest absolute Gasteiger partial charge is 0.265 e. The van der Waals surface area contributed by atoms with E-state index in [1.54, 1.807) is 0 Å². The van der Waals surface area contributed by atoms with Gasteiger partial charge in [0.2, 0.25) is 0 Å². The molecule has 0 unspecified atom stereocenters. The molecule has 86 valence electrons. The first-order valence-electron chi connectivity index (χ1n) is 5.67. The summed E-state index contributed by atoms with van der Waals surface area (Å²) in [5, 5.41) is 7.66. The molecule has 0 N–H and O–H groups in total. The Kier molecular flexibility index (Phi) is 2.57. The normalized spacial score (nSPS) is 14.3. The second-order valence-corrected chi connectivity index (χ2v) is 3.96. The molecule has 1 heterocycles. The number of carbonyl (C=O) groups is 1. The summed E-state index contributed by atoms with van der Waals surface area (Å²) in [5.74, 6) is -0.278. The highest BCUT2D eigenvalue weighted by molar-refractivity contribution is 6.29. The average molecular weight is 234 g/mol. The molecule has 18 heavy (non-hydrogen) atoms. The largest absolute Gasteiger partial charge is 0.298 e. The van der Waals surface area contributed by atoms with Gasteiger partial charge in [0.1, 0.15) is 5.70 Å². The molecule has 0 aromatic heterocycles. The van der Waals surface area contributed by atoms with E-state index in [0.717, 1.165) is 11.1 Å². The van der Waals surface area contributed by atoms with Gasteiger partial charge in [-0.25, -0.2) is 0 Å². The first-order valence-corrected chi connectivity index (χ1v) is 5.67. The third-order valence-electron chi connectivity index (χ3n) is 2.80. The van der Waals surface area contributed by atoms with Crippen LogP contribution in [-0.2, 0) is 4.79 Å². The first-order chi connectivity index (χ1) is 8.86. The summed E-state index contributed by atoms with van der Waals surface area (Å²) in [4.78, 5) is 11.8. The maximum Gasteiger partial charge on any atom is 0.298 e. The highest BCUT2D eigenvalue weighted by Crippen LogP contribution is 2.32. The van der Waals surface area contributed by atoms with E-state index in [9.17, 15) is 4.79 Å². The molecule has 0 bridgehead atoms. The Bertz CT molecular complexity index is 601. The minimum Gasteiger partial charge on any atom is -0.265 e. The summed E-state index contributed by atoms with van der Waals surface area (Å²) in [5.41, 5.74) is 2.98. The van der Waals surface area contributed by atoms with Gasteiger partial charge in [-0.3, -0.25) is 4.79 Å². The van der Waals surface area contributed by atoms with Gasteiger partial charge in [0.25, 0.3) is 5.91 Å². The summed E-state index contributed by atoms with van der Waals surface area (Å²) in [7, 11) is 0. The van der Waals surface area contributed by atoms with E-state index in [1.165, 1.54) is 0 Å². The van der Waals surface area contributed by atoms with Crippen LogP contribution in [0.25, 0.3) is 11.3 Å². The number of benzene rings is 2. The second kappa shape index (κ2) is 4.37. The summed E-state index contributed by atoms with van der Waals surface area (Å²) < 4.78 is 0. The Morgan fingerprint density at radius 3 is 1.83 bits per heavy atom. The van der Waals surface area contributed by atoms with Crippen molar-refractivity contribution in [2.45, 2.75) is 0 Å². The minimum atomic E-state index is -0.278. The van der Waals surface area contributed by atoms with Gasteiger partial charge in [-0.1, -0.05) is 60.7 Å². The number of hydrogen-bond donors (Lipinski definition) is 0. The Morgan fingerprint density at radius 1 is 0.667 bits per heavy atom. The van der Waals surface area contributed by atoms with Crippen LogP contribution in [0.2, 0.25) is 0 Å². The van der Waals surface area contributed by atoms with Crippen LogP contribution in [0.3, 0.4) is 0 Å². The second-order valence-electron chi connectivity index (χ2n) is 3.96. The van der Waals surface area contributed by atoms with Crippen molar-refractivity contribution < 1.29 is 4.79 Å². The molecular formula is C15H10N2O. The van der Waals surface area contributed by atoms with Crippen LogP contribution >= 0.6 is 0 Å². The summed E-state index contributed by atoms with van der Waals surface area (Å²) >= 11 is 0. The third kappa shape index (κ3) is 1.76. The monoisotopic (exact) mass is 234 g/mol. The zero-order valence-corrected chi connectivity index (χ0v) is 9.58. The van der Waals surface area contributed by atoms with E-state index < -0.39 is 0 Å². The van der Waals surface area contributed by atoms with Crippen molar-refractivity contribution in [3.63, 3.8) is 0 Å². The van der Waals surface area contributed by atoms with Gasteiger partial charge in [-0.2, -0.15) is 0 Å². The van der Waals surface area contributed by atoms with Crippen molar-refractivity contribution >= 4 is 17.2 Å². The molecule has 0 fully saturated rings. The molecule has 2 aromatic rings. The van der Waals surface area contributed by atoms with E-state index in [4.69, 9.17) is 0 Å². The maximum absolute atomic E-state index is 11.8. The Hall–Kier alpha value is -2.55. The van der Waals surface area contributed by atoms with E-state index in [2.05, 4.69) is 10.2 Å². The fourth-order valence-corrected chi connectivity index (χ4v) is 1.96. The van der Waals surface area contributed by atoms with Crippen LogP contribution in [0, 0.1) is 0 Å². The van der Waals surface area contributed by atoms with Crippen LogP contribution in [0.15, 0.2) is 70.9 Å². The molecule has 1 aliphatic heterocycles. The Morgan fingerprint density at radius 2 is 1.22 bits per heavy atom. The molecule has 0 spiro atoms. The lowest BCUT2D eigenvalue weighted by atomic mass is 10.0. The van der Waals surface area contributed by atoms with Gasteiger partial charge < -0.3 is 0 Å². The van der Waals surface area contributed by atoms with Gasteiger partial charge in [0, 0.05) is 5.56 Å². The zero-order valence-electron chi connectivity index (χ0n) is 9.58. The van der Waals surface area contributed by atoms with Crippen molar-refractivity contribution in [1.82, 2.24) is 0 Å². The number of azo groups is 1. The summed E-state index contributed by atoms with van der Waals surface area (Å²) in [6.45, 7) is 0. The highest BCUT2D eigenvalue weighted by atomic mass is 16.2. The topological polar surface area (TPSA) is 41.8 Å². The van der Waals surface area contributed by atoms with Crippen molar-refractivity contribution in [3.05, 3.63) is 71.8 Å². The molecule has 0 saturated carbocycles. The number of rotatable bonds is 2. The lowest BCUT2D eigenvalue weighted by Gasteiger charge is -2.03. The zero-order chi connectivity index (χ0) is 12.4. The third-order valence-corrected chi connectivity index (χ3v) is 2.80. The quantitative estimate of drug-likeness (QED) is 0.783. The maximum atomic E-state index is 11.8. The van der Waals surface area contributed by atoms with Crippen molar-refractivity contribution in [2.75, 3.05) is 0 Å². The van der Waals surface area contributed by atoms with Crippen molar-refractivity contribution in [2.24, 2.45) is 10.2 Å². The Labute approximate surface area is 104 Å². The molecule has 2 aromatic carbocycles. The van der Waals surface area contributed by atoms with E-state index in [1.807, 2.05) is 60.7 Å². The van der Waals surface area contributed by atoms with Gasteiger partial charge in [0.05, 0.1) is 5.57 Å². The molecule has 0 saturated heterocycles. The van der Waals surface area contributed by atoms with Crippen LogP contribution in [0.5, 0.6) is 0 Å². The van der Waals surface area contributed by atoms with E-state index in [0.29, 0.717) is 11.3 Å². The molecule has 1 amide bonds. The molecule has 0 aliphatic carbocycles. The van der Waals surface area contributed by atoms with Crippen molar-refractivity contribution in [1.29, 1.82) is 0 Å². The molecule has 0 atom stereocenters. The van der Waals surface area contributed by atoms with E-state index >= 15 is 0 Å². The predicted octanol–water partition coefficient (Wildman–Crippen LogP) is 3.55. The SMILES string of the molecule is O=C1N=NC(c2ccccc2)=C1c1ccccc1. The number of hydrogen-bond acceptors (Lipinski definition) is 2. The molecule has 0 radical (unpaired) electrons. The number of carbonyl (C=O) groups excluding carboxylic acids is 1. The minimum absolute atomic E-state index is 0.278. The molecule has 3 heteroatoms.